The smallest absolute Gasteiger partial charge is 0.245 e. The Labute approximate surface area is 105 Å². The van der Waals surface area contributed by atoms with Crippen molar-refractivity contribution in [2.75, 3.05) is 7.05 Å². The van der Waals surface area contributed by atoms with E-state index in [1.165, 1.54) is 17.8 Å². The summed E-state index contributed by atoms with van der Waals surface area (Å²) >= 11 is 0. The van der Waals surface area contributed by atoms with Gasteiger partial charge in [0, 0.05) is 0 Å². The van der Waals surface area contributed by atoms with E-state index in [9.17, 15) is 9.00 Å². The van der Waals surface area contributed by atoms with Crippen molar-refractivity contribution in [3.63, 3.8) is 0 Å². The van der Waals surface area contributed by atoms with Crippen LogP contribution >= 0.6 is 0 Å². The average Bonchev–Trinajstić information content (AvgIpc) is 2.82. The summed E-state index contributed by atoms with van der Waals surface area (Å²) in [6, 6.07) is 0. The van der Waals surface area contributed by atoms with Gasteiger partial charge in [-0.1, -0.05) is 11.1 Å². The fourth-order valence-corrected chi connectivity index (χ4v) is 1.94. The van der Waals surface area contributed by atoms with E-state index in [0.29, 0.717) is 0 Å². The molecule has 8 nitrogen and oxygen atoms in total. The van der Waals surface area contributed by atoms with E-state index in [1.807, 2.05) is 0 Å². The Balaban J connectivity index is 2.59. The van der Waals surface area contributed by atoms with E-state index in [1.54, 1.807) is 6.92 Å². The minimum atomic E-state index is -1.51. The minimum absolute atomic E-state index is 0.154. The first-order valence-corrected chi connectivity index (χ1v) is 6.13. The molecule has 2 aromatic heterocycles. The number of aromatic nitrogens is 5. The highest BCUT2D eigenvalue weighted by Gasteiger charge is 2.15. The standard InChI is InChI=1S/C9H10N6O2S/c1-3-4-5-15-9(16)14-6-11-8(18(17)10-2)7(14)12-13-15/h6,10H,5H2,1-2H3. The summed E-state index contributed by atoms with van der Waals surface area (Å²) in [7, 11) is 0.00600. The Hall–Kier alpha value is -2.05. The summed E-state index contributed by atoms with van der Waals surface area (Å²) in [5, 5.41) is 7.74. The van der Waals surface area contributed by atoms with Gasteiger partial charge in [0.2, 0.25) is 5.65 Å². The highest BCUT2D eigenvalue weighted by atomic mass is 32.2. The van der Waals surface area contributed by atoms with Gasteiger partial charge in [-0.2, -0.15) is 4.68 Å². The summed E-state index contributed by atoms with van der Waals surface area (Å²) in [6.45, 7) is 1.82. The maximum Gasteiger partial charge on any atom is 0.353 e. The van der Waals surface area contributed by atoms with Crippen molar-refractivity contribution in [2.45, 2.75) is 18.5 Å². The Morgan fingerprint density at radius 3 is 3.00 bits per heavy atom. The first-order chi connectivity index (χ1) is 8.69. The van der Waals surface area contributed by atoms with E-state index in [2.05, 4.69) is 31.9 Å². The zero-order valence-corrected chi connectivity index (χ0v) is 10.6. The maximum atomic E-state index is 12.0. The second-order valence-electron chi connectivity index (χ2n) is 3.17. The molecule has 2 heterocycles. The van der Waals surface area contributed by atoms with Crippen LogP contribution in [-0.2, 0) is 17.5 Å². The van der Waals surface area contributed by atoms with Crippen LogP contribution in [0.25, 0.3) is 5.65 Å². The summed E-state index contributed by atoms with van der Waals surface area (Å²) < 4.78 is 16.4. The molecular formula is C9H10N6O2S. The summed E-state index contributed by atoms with van der Waals surface area (Å²) in [4.78, 5) is 15.9. The van der Waals surface area contributed by atoms with Gasteiger partial charge >= 0.3 is 5.69 Å². The summed E-state index contributed by atoms with van der Waals surface area (Å²) in [5.41, 5.74) is -0.247. The van der Waals surface area contributed by atoms with Gasteiger partial charge in [-0.05, 0) is 14.0 Å². The van der Waals surface area contributed by atoms with Gasteiger partial charge < -0.3 is 0 Å². The molecule has 0 saturated carbocycles. The SMILES string of the molecule is CC#CCn1nnc2c(S(=O)NC)ncn2c1=O. The lowest BCUT2D eigenvalue weighted by molar-refractivity contribution is 0.575. The van der Waals surface area contributed by atoms with Crippen molar-refractivity contribution in [3.8, 4) is 11.8 Å². The van der Waals surface area contributed by atoms with Gasteiger partial charge in [-0.25, -0.2) is 23.1 Å². The lowest BCUT2D eigenvalue weighted by atomic mass is 10.6. The molecule has 0 saturated heterocycles. The highest BCUT2D eigenvalue weighted by molar-refractivity contribution is 7.83. The third-order valence-corrected chi connectivity index (χ3v) is 3.16. The van der Waals surface area contributed by atoms with Crippen molar-refractivity contribution >= 4 is 16.6 Å². The predicted molar refractivity (Wildman–Crippen MR) is 64.0 cm³/mol. The molecule has 1 unspecified atom stereocenters. The van der Waals surface area contributed by atoms with E-state index in [4.69, 9.17) is 0 Å². The number of nitrogens with one attached hydrogen (secondary N) is 1. The van der Waals surface area contributed by atoms with Crippen LogP contribution in [0.15, 0.2) is 16.1 Å². The third kappa shape index (κ3) is 2.03. The van der Waals surface area contributed by atoms with Crippen molar-refractivity contribution in [1.29, 1.82) is 0 Å². The Morgan fingerprint density at radius 2 is 2.33 bits per heavy atom. The zero-order valence-electron chi connectivity index (χ0n) is 9.75. The molecular weight excluding hydrogens is 256 g/mol. The molecule has 0 aromatic carbocycles. The molecule has 0 aliphatic rings. The molecule has 0 amide bonds. The first-order valence-electron chi connectivity index (χ1n) is 4.98. The van der Waals surface area contributed by atoms with Crippen molar-refractivity contribution in [2.24, 2.45) is 0 Å². The van der Waals surface area contributed by atoms with Gasteiger partial charge in [0.05, 0.1) is 0 Å². The molecule has 0 fully saturated rings. The van der Waals surface area contributed by atoms with E-state index in [-0.39, 0.29) is 17.2 Å². The van der Waals surface area contributed by atoms with Crippen LogP contribution < -0.4 is 10.4 Å². The van der Waals surface area contributed by atoms with Crippen molar-refractivity contribution < 1.29 is 4.21 Å². The molecule has 9 heteroatoms. The number of nitrogens with zero attached hydrogens (tertiary/aromatic N) is 5. The van der Waals surface area contributed by atoms with Crippen LogP contribution in [0.3, 0.4) is 0 Å². The monoisotopic (exact) mass is 266 g/mol. The third-order valence-electron chi connectivity index (χ3n) is 2.15. The topological polar surface area (TPSA) is 94.2 Å². The Bertz CT molecular complexity index is 722. The fraction of sp³-hybridized carbons (Fsp3) is 0.333. The quantitative estimate of drug-likeness (QED) is 0.686. The number of hydrogen-bond acceptors (Lipinski definition) is 5. The molecule has 0 spiro atoms. The van der Waals surface area contributed by atoms with Crippen molar-refractivity contribution in [1.82, 2.24) is 29.1 Å². The van der Waals surface area contributed by atoms with Crippen LogP contribution in [0.1, 0.15) is 6.92 Å². The van der Waals surface area contributed by atoms with Crippen molar-refractivity contribution in [3.05, 3.63) is 16.8 Å². The second kappa shape index (κ2) is 5.07. The molecule has 94 valence electrons. The number of fused-ring (bicyclic) bond motifs is 1. The minimum Gasteiger partial charge on any atom is -0.245 e. The van der Waals surface area contributed by atoms with Gasteiger partial charge in [0.1, 0.15) is 23.9 Å². The first kappa shape index (κ1) is 12.4. The molecule has 2 rings (SSSR count). The number of imidazole rings is 1. The number of rotatable bonds is 3. The lowest BCUT2D eigenvalue weighted by Gasteiger charge is -1.99. The lowest BCUT2D eigenvalue weighted by Crippen LogP contribution is -2.29. The predicted octanol–water partition coefficient (Wildman–Crippen LogP) is -1.45. The van der Waals surface area contributed by atoms with Gasteiger partial charge in [-0.15, -0.1) is 11.0 Å². The molecule has 0 radical (unpaired) electrons. The molecule has 0 bridgehead atoms. The van der Waals surface area contributed by atoms with E-state index >= 15 is 0 Å². The molecule has 1 N–H and O–H groups in total. The van der Waals surface area contributed by atoms with Crippen LogP contribution in [0.2, 0.25) is 0 Å². The fourth-order valence-electron chi connectivity index (χ4n) is 1.30. The van der Waals surface area contributed by atoms with Crippen LogP contribution in [0.5, 0.6) is 0 Å². The second-order valence-corrected chi connectivity index (χ2v) is 4.51. The Morgan fingerprint density at radius 1 is 1.56 bits per heavy atom. The van der Waals surface area contributed by atoms with Gasteiger partial charge in [0.15, 0.2) is 5.03 Å². The highest BCUT2D eigenvalue weighted by Crippen LogP contribution is 2.05. The van der Waals surface area contributed by atoms with Crippen LogP contribution in [0, 0.1) is 11.8 Å². The van der Waals surface area contributed by atoms with E-state index in [0.717, 1.165) is 4.68 Å². The van der Waals surface area contributed by atoms with Gasteiger partial charge in [-0.3, -0.25) is 0 Å². The molecule has 0 aliphatic carbocycles. The zero-order chi connectivity index (χ0) is 13.1. The van der Waals surface area contributed by atoms with Gasteiger partial charge in [0.25, 0.3) is 0 Å². The molecule has 0 aliphatic heterocycles. The average molecular weight is 266 g/mol. The van der Waals surface area contributed by atoms with Crippen LogP contribution in [-0.4, -0.2) is 35.6 Å². The normalized spacial score (nSPS) is 12.1. The largest absolute Gasteiger partial charge is 0.353 e. The summed E-state index contributed by atoms with van der Waals surface area (Å²) in [6.07, 6.45) is 1.27. The molecule has 1 atom stereocenters. The van der Waals surface area contributed by atoms with Crippen LogP contribution in [0.4, 0.5) is 0 Å². The molecule has 2 aromatic rings. The summed E-state index contributed by atoms with van der Waals surface area (Å²) in [5.74, 6) is 5.38. The molecule has 18 heavy (non-hydrogen) atoms. The Kier molecular flexibility index (Phi) is 3.50. The van der Waals surface area contributed by atoms with E-state index < -0.39 is 16.7 Å². The maximum absolute atomic E-state index is 12.0. The number of hydrogen-bond donors (Lipinski definition) is 1.